The third-order valence-corrected chi connectivity index (χ3v) is 3.32. The molecule has 2 N–H and O–H groups in total. The summed E-state index contributed by atoms with van der Waals surface area (Å²) < 4.78 is 0. The van der Waals surface area contributed by atoms with Crippen LogP contribution in [-0.4, -0.2) is 25.0 Å². The first-order chi connectivity index (χ1) is 9.47. The number of nitrogens with one attached hydrogen (secondary N) is 2. The molecule has 0 spiro atoms. The molecule has 1 amide bonds. The fraction of sp³-hybridized carbons (Fsp3) is 0.312. The predicted octanol–water partition coefficient (Wildman–Crippen LogP) is 2.63. The van der Waals surface area contributed by atoms with E-state index in [9.17, 15) is 4.79 Å². The third kappa shape index (κ3) is 3.20. The molecule has 1 aromatic heterocycles. The Morgan fingerprint density at radius 2 is 2.00 bits per heavy atom. The van der Waals surface area contributed by atoms with Gasteiger partial charge in [0.25, 0.3) is 5.91 Å². The molecule has 0 saturated heterocycles. The zero-order chi connectivity index (χ0) is 14.7. The van der Waals surface area contributed by atoms with Gasteiger partial charge in [-0.3, -0.25) is 4.79 Å². The molecule has 0 aliphatic carbocycles. The number of aromatic amines is 1. The SMILES string of the molecule is Cc1cc(CNC(=O)c2cccc(N(C)C)c2)c(C)[nH]1. The van der Waals surface area contributed by atoms with Gasteiger partial charge in [-0.05, 0) is 43.7 Å². The highest BCUT2D eigenvalue weighted by atomic mass is 16.1. The van der Waals surface area contributed by atoms with Crippen LogP contribution in [0.4, 0.5) is 5.69 Å². The molecule has 0 radical (unpaired) electrons. The minimum atomic E-state index is -0.0491. The van der Waals surface area contributed by atoms with Crippen LogP contribution in [0.3, 0.4) is 0 Å². The summed E-state index contributed by atoms with van der Waals surface area (Å²) in [5, 5.41) is 2.96. The molecule has 0 saturated carbocycles. The molecule has 1 heterocycles. The molecule has 4 nitrogen and oxygen atoms in total. The van der Waals surface area contributed by atoms with Crippen molar-refractivity contribution >= 4 is 11.6 Å². The van der Waals surface area contributed by atoms with Crippen LogP contribution in [-0.2, 0) is 6.54 Å². The molecular weight excluding hydrogens is 250 g/mol. The van der Waals surface area contributed by atoms with Crippen LogP contribution < -0.4 is 10.2 Å². The van der Waals surface area contributed by atoms with Gasteiger partial charge in [-0.1, -0.05) is 6.07 Å². The van der Waals surface area contributed by atoms with Crippen LogP contribution >= 0.6 is 0 Å². The fourth-order valence-electron chi connectivity index (χ4n) is 2.17. The minimum absolute atomic E-state index is 0.0491. The van der Waals surface area contributed by atoms with E-state index in [0.29, 0.717) is 12.1 Å². The van der Waals surface area contributed by atoms with Gasteiger partial charge in [-0.25, -0.2) is 0 Å². The lowest BCUT2D eigenvalue weighted by Crippen LogP contribution is -2.23. The lowest BCUT2D eigenvalue weighted by atomic mass is 10.1. The lowest BCUT2D eigenvalue weighted by Gasteiger charge is -2.13. The molecule has 0 aliphatic rings. The van der Waals surface area contributed by atoms with E-state index in [2.05, 4.69) is 16.4 Å². The van der Waals surface area contributed by atoms with E-state index < -0.39 is 0 Å². The number of aryl methyl sites for hydroxylation is 2. The molecule has 2 rings (SSSR count). The maximum absolute atomic E-state index is 12.2. The largest absolute Gasteiger partial charge is 0.378 e. The monoisotopic (exact) mass is 271 g/mol. The molecule has 4 heteroatoms. The predicted molar refractivity (Wildman–Crippen MR) is 82.2 cm³/mol. The number of carbonyl (C=O) groups excluding carboxylic acids is 1. The molecule has 0 bridgehead atoms. The summed E-state index contributed by atoms with van der Waals surface area (Å²) in [4.78, 5) is 17.4. The Kier molecular flexibility index (Phi) is 4.13. The summed E-state index contributed by atoms with van der Waals surface area (Å²) in [5.41, 5.74) is 5.04. The third-order valence-electron chi connectivity index (χ3n) is 3.32. The van der Waals surface area contributed by atoms with E-state index in [1.807, 2.05) is 57.1 Å². The lowest BCUT2D eigenvalue weighted by molar-refractivity contribution is 0.0951. The fourth-order valence-corrected chi connectivity index (χ4v) is 2.17. The van der Waals surface area contributed by atoms with E-state index in [-0.39, 0.29) is 5.91 Å². The maximum Gasteiger partial charge on any atom is 0.251 e. The van der Waals surface area contributed by atoms with Crippen molar-refractivity contribution in [2.45, 2.75) is 20.4 Å². The number of aromatic nitrogens is 1. The van der Waals surface area contributed by atoms with Crippen molar-refractivity contribution in [2.24, 2.45) is 0 Å². The van der Waals surface area contributed by atoms with Crippen LogP contribution in [0.15, 0.2) is 30.3 Å². The van der Waals surface area contributed by atoms with Gasteiger partial charge in [0, 0.05) is 43.3 Å². The minimum Gasteiger partial charge on any atom is -0.378 e. The van der Waals surface area contributed by atoms with Crippen LogP contribution in [0, 0.1) is 13.8 Å². The Hall–Kier alpha value is -2.23. The number of carbonyl (C=O) groups is 1. The summed E-state index contributed by atoms with van der Waals surface area (Å²) >= 11 is 0. The number of benzene rings is 1. The maximum atomic E-state index is 12.2. The summed E-state index contributed by atoms with van der Waals surface area (Å²) in [6.45, 7) is 4.57. The molecule has 0 unspecified atom stereocenters. The molecular formula is C16H21N3O. The Balaban J connectivity index is 2.05. The number of rotatable bonds is 4. The van der Waals surface area contributed by atoms with Crippen molar-refractivity contribution in [1.82, 2.24) is 10.3 Å². The standard InChI is InChI=1S/C16H21N3O/c1-11-8-14(12(2)18-11)10-17-16(20)13-6-5-7-15(9-13)19(3)4/h5-9,18H,10H2,1-4H3,(H,17,20). The van der Waals surface area contributed by atoms with Crippen LogP contribution in [0.2, 0.25) is 0 Å². The second kappa shape index (κ2) is 5.82. The van der Waals surface area contributed by atoms with Crippen molar-refractivity contribution in [3.63, 3.8) is 0 Å². The van der Waals surface area contributed by atoms with Crippen LogP contribution in [0.25, 0.3) is 0 Å². The number of H-pyrrole nitrogens is 1. The van der Waals surface area contributed by atoms with Gasteiger partial charge in [-0.15, -0.1) is 0 Å². The first kappa shape index (κ1) is 14.2. The van der Waals surface area contributed by atoms with Crippen LogP contribution in [0.1, 0.15) is 27.3 Å². The van der Waals surface area contributed by atoms with Gasteiger partial charge in [0.15, 0.2) is 0 Å². The molecule has 20 heavy (non-hydrogen) atoms. The van der Waals surface area contributed by atoms with E-state index in [1.165, 1.54) is 0 Å². The normalized spacial score (nSPS) is 10.4. The Morgan fingerprint density at radius 1 is 1.25 bits per heavy atom. The highest BCUT2D eigenvalue weighted by Gasteiger charge is 2.08. The van der Waals surface area contributed by atoms with Crippen molar-refractivity contribution in [3.05, 3.63) is 52.8 Å². The van der Waals surface area contributed by atoms with Crippen molar-refractivity contribution in [1.29, 1.82) is 0 Å². The molecule has 106 valence electrons. The van der Waals surface area contributed by atoms with E-state index >= 15 is 0 Å². The highest BCUT2D eigenvalue weighted by Crippen LogP contribution is 2.14. The number of hydrogen-bond acceptors (Lipinski definition) is 2. The Labute approximate surface area is 119 Å². The summed E-state index contributed by atoms with van der Waals surface area (Å²) in [5.74, 6) is -0.0491. The molecule has 0 aliphatic heterocycles. The van der Waals surface area contributed by atoms with Crippen molar-refractivity contribution in [3.8, 4) is 0 Å². The first-order valence-corrected chi connectivity index (χ1v) is 6.68. The summed E-state index contributed by atoms with van der Waals surface area (Å²) in [6, 6.07) is 9.67. The van der Waals surface area contributed by atoms with Crippen molar-refractivity contribution in [2.75, 3.05) is 19.0 Å². The average Bonchev–Trinajstić information content (AvgIpc) is 2.74. The van der Waals surface area contributed by atoms with E-state index in [4.69, 9.17) is 0 Å². The zero-order valence-corrected chi connectivity index (χ0v) is 12.4. The first-order valence-electron chi connectivity index (χ1n) is 6.68. The second-order valence-corrected chi connectivity index (χ2v) is 5.23. The van der Waals surface area contributed by atoms with E-state index in [0.717, 1.165) is 22.6 Å². The second-order valence-electron chi connectivity index (χ2n) is 5.23. The molecule has 0 fully saturated rings. The smallest absolute Gasteiger partial charge is 0.251 e. The highest BCUT2D eigenvalue weighted by molar-refractivity contribution is 5.95. The summed E-state index contributed by atoms with van der Waals surface area (Å²) in [7, 11) is 3.92. The number of amides is 1. The van der Waals surface area contributed by atoms with Crippen molar-refractivity contribution < 1.29 is 4.79 Å². The van der Waals surface area contributed by atoms with E-state index in [1.54, 1.807) is 0 Å². The van der Waals surface area contributed by atoms with Gasteiger partial charge in [0.05, 0.1) is 0 Å². The number of anilines is 1. The molecule has 2 aromatic rings. The quantitative estimate of drug-likeness (QED) is 0.898. The Bertz CT molecular complexity index is 614. The van der Waals surface area contributed by atoms with Gasteiger partial charge < -0.3 is 15.2 Å². The topological polar surface area (TPSA) is 48.1 Å². The van der Waals surface area contributed by atoms with Gasteiger partial charge in [0.2, 0.25) is 0 Å². The number of nitrogens with zero attached hydrogens (tertiary/aromatic N) is 1. The zero-order valence-electron chi connectivity index (χ0n) is 12.4. The van der Waals surface area contributed by atoms with Crippen LogP contribution in [0.5, 0.6) is 0 Å². The summed E-state index contributed by atoms with van der Waals surface area (Å²) in [6.07, 6.45) is 0. The molecule has 0 atom stereocenters. The van der Waals surface area contributed by atoms with Gasteiger partial charge in [-0.2, -0.15) is 0 Å². The Morgan fingerprint density at radius 3 is 2.60 bits per heavy atom. The molecule has 1 aromatic carbocycles. The van der Waals surface area contributed by atoms with Gasteiger partial charge in [0.1, 0.15) is 0 Å². The number of hydrogen-bond donors (Lipinski definition) is 2. The van der Waals surface area contributed by atoms with Gasteiger partial charge >= 0.3 is 0 Å². The average molecular weight is 271 g/mol.